The zero-order valence-corrected chi connectivity index (χ0v) is 15.7. The fraction of sp³-hybridized carbons (Fsp3) is 0.238. The van der Waals surface area contributed by atoms with Gasteiger partial charge in [-0.05, 0) is 36.2 Å². The van der Waals surface area contributed by atoms with Crippen molar-refractivity contribution in [2.75, 3.05) is 33.1 Å². The molecule has 0 fully saturated rings. The van der Waals surface area contributed by atoms with Crippen molar-refractivity contribution in [2.45, 2.75) is 6.42 Å². The lowest BCUT2D eigenvalue weighted by molar-refractivity contribution is 0.223. The number of para-hydroxylation sites is 1. The lowest BCUT2D eigenvalue weighted by atomic mass is 10.1. The van der Waals surface area contributed by atoms with Crippen LogP contribution in [0.5, 0.6) is 11.5 Å². The largest absolute Gasteiger partial charge is 0.493 e. The molecule has 0 radical (unpaired) electrons. The van der Waals surface area contributed by atoms with Gasteiger partial charge < -0.3 is 19.7 Å². The number of nitrogens with zero attached hydrogens (tertiary/aromatic N) is 2. The summed E-state index contributed by atoms with van der Waals surface area (Å²) in [5.74, 6) is 1.37. The van der Waals surface area contributed by atoms with E-state index in [1.165, 1.54) is 0 Å². The van der Waals surface area contributed by atoms with E-state index in [0.717, 1.165) is 16.5 Å². The van der Waals surface area contributed by atoms with Gasteiger partial charge in [0.25, 0.3) is 0 Å². The molecule has 27 heavy (non-hydrogen) atoms. The number of anilines is 1. The zero-order valence-electron chi connectivity index (χ0n) is 15.7. The van der Waals surface area contributed by atoms with Crippen LogP contribution in [-0.4, -0.2) is 43.7 Å². The summed E-state index contributed by atoms with van der Waals surface area (Å²) in [6, 6.07) is 15.2. The number of rotatable bonds is 6. The summed E-state index contributed by atoms with van der Waals surface area (Å²) in [6.45, 7) is 0.569. The molecular formula is C21H23N3O3. The molecule has 0 atom stereocenters. The van der Waals surface area contributed by atoms with Crippen LogP contribution in [0.4, 0.5) is 10.5 Å². The first kappa shape index (κ1) is 18.5. The minimum Gasteiger partial charge on any atom is -0.493 e. The highest BCUT2D eigenvalue weighted by Gasteiger charge is 2.12. The van der Waals surface area contributed by atoms with Crippen LogP contribution < -0.4 is 14.8 Å². The number of hydrogen-bond acceptors (Lipinski definition) is 4. The SMILES string of the molecule is COc1ccc(CCN(C)C(=O)Nc2cccc3cccnc23)cc1OC. The van der Waals surface area contributed by atoms with E-state index in [2.05, 4.69) is 10.3 Å². The highest BCUT2D eigenvalue weighted by Crippen LogP contribution is 2.27. The molecule has 0 aliphatic rings. The normalized spacial score (nSPS) is 10.5. The summed E-state index contributed by atoms with van der Waals surface area (Å²) >= 11 is 0. The van der Waals surface area contributed by atoms with E-state index in [1.54, 1.807) is 32.4 Å². The Morgan fingerprint density at radius 3 is 2.63 bits per heavy atom. The fourth-order valence-electron chi connectivity index (χ4n) is 2.85. The predicted octanol–water partition coefficient (Wildman–Crippen LogP) is 3.96. The quantitative estimate of drug-likeness (QED) is 0.718. The molecule has 6 nitrogen and oxygen atoms in total. The summed E-state index contributed by atoms with van der Waals surface area (Å²) in [5, 5.41) is 3.93. The Balaban J connectivity index is 1.64. The van der Waals surface area contributed by atoms with Crippen molar-refractivity contribution in [1.82, 2.24) is 9.88 Å². The number of fused-ring (bicyclic) bond motifs is 1. The molecule has 1 aromatic heterocycles. The van der Waals surface area contributed by atoms with Gasteiger partial charge in [-0.25, -0.2) is 4.79 Å². The molecular weight excluding hydrogens is 342 g/mol. The van der Waals surface area contributed by atoms with Crippen molar-refractivity contribution in [2.24, 2.45) is 0 Å². The first-order chi connectivity index (χ1) is 13.1. The maximum atomic E-state index is 12.5. The molecule has 6 heteroatoms. The molecule has 140 valence electrons. The van der Waals surface area contributed by atoms with Gasteiger partial charge in [-0.1, -0.05) is 24.3 Å². The number of pyridine rings is 1. The van der Waals surface area contributed by atoms with Gasteiger partial charge in [-0.3, -0.25) is 4.98 Å². The number of hydrogen-bond donors (Lipinski definition) is 1. The number of methoxy groups -OCH3 is 2. The van der Waals surface area contributed by atoms with Crippen molar-refractivity contribution in [3.8, 4) is 11.5 Å². The van der Waals surface area contributed by atoms with E-state index < -0.39 is 0 Å². The molecule has 3 aromatic rings. The van der Waals surface area contributed by atoms with Crippen LogP contribution in [0, 0.1) is 0 Å². The maximum absolute atomic E-state index is 12.5. The summed E-state index contributed by atoms with van der Waals surface area (Å²) < 4.78 is 10.6. The fourth-order valence-corrected chi connectivity index (χ4v) is 2.85. The average molecular weight is 365 g/mol. The molecule has 0 saturated heterocycles. The van der Waals surface area contributed by atoms with E-state index in [0.29, 0.717) is 30.2 Å². The van der Waals surface area contributed by atoms with Gasteiger partial charge >= 0.3 is 6.03 Å². The lowest BCUT2D eigenvalue weighted by Crippen LogP contribution is -2.33. The van der Waals surface area contributed by atoms with Crippen molar-refractivity contribution < 1.29 is 14.3 Å². The van der Waals surface area contributed by atoms with E-state index in [1.807, 2.05) is 48.5 Å². The van der Waals surface area contributed by atoms with E-state index in [9.17, 15) is 4.79 Å². The number of ether oxygens (including phenoxy) is 2. The Morgan fingerprint density at radius 2 is 1.85 bits per heavy atom. The highest BCUT2D eigenvalue weighted by atomic mass is 16.5. The topological polar surface area (TPSA) is 63.7 Å². The molecule has 1 heterocycles. The number of carbonyl (C=O) groups excluding carboxylic acids is 1. The molecule has 0 unspecified atom stereocenters. The number of nitrogens with one attached hydrogen (secondary N) is 1. The third-order valence-corrected chi connectivity index (χ3v) is 4.40. The van der Waals surface area contributed by atoms with Gasteiger partial charge in [0, 0.05) is 25.2 Å². The van der Waals surface area contributed by atoms with Crippen LogP contribution in [-0.2, 0) is 6.42 Å². The van der Waals surface area contributed by atoms with E-state index in [-0.39, 0.29) is 6.03 Å². The smallest absolute Gasteiger partial charge is 0.321 e. The van der Waals surface area contributed by atoms with Crippen LogP contribution in [0.25, 0.3) is 10.9 Å². The molecule has 0 bridgehead atoms. The Morgan fingerprint density at radius 1 is 1.07 bits per heavy atom. The van der Waals surface area contributed by atoms with Crippen LogP contribution >= 0.6 is 0 Å². The Labute approximate surface area is 158 Å². The molecule has 0 saturated carbocycles. The summed E-state index contributed by atoms with van der Waals surface area (Å²) in [5.41, 5.74) is 2.55. The van der Waals surface area contributed by atoms with Crippen molar-refractivity contribution in [3.63, 3.8) is 0 Å². The Bertz CT molecular complexity index is 938. The molecule has 1 N–H and O–H groups in total. The minimum absolute atomic E-state index is 0.173. The summed E-state index contributed by atoms with van der Waals surface area (Å²) in [6.07, 6.45) is 2.43. The lowest BCUT2D eigenvalue weighted by Gasteiger charge is -2.19. The third kappa shape index (κ3) is 4.28. The van der Waals surface area contributed by atoms with Crippen molar-refractivity contribution in [3.05, 3.63) is 60.3 Å². The number of likely N-dealkylation sites (N-methyl/N-ethyl adjacent to an activating group) is 1. The Kier molecular flexibility index (Phi) is 5.76. The van der Waals surface area contributed by atoms with Crippen LogP contribution in [0.2, 0.25) is 0 Å². The van der Waals surface area contributed by atoms with Gasteiger partial charge in [0.2, 0.25) is 0 Å². The average Bonchev–Trinajstić information content (AvgIpc) is 2.71. The molecule has 0 spiro atoms. The molecule has 0 aliphatic heterocycles. The first-order valence-electron chi connectivity index (χ1n) is 8.69. The summed E-state index contributed by atoms with van der Waals surface area (Å²) in [7, 11) is 4.99. The minimum atomic E-state index is -0.173. The van der Waals surface area contributed by atoms with Crippen LogP contribution in [0.3, 0.4) is 0 Å². The standard InChI is InChI=1S/C21H23N3O3/c1-24(13-11-15-9-10-18(26-2)19(14-15)27-3)21(25)23-17-8-4-6-16-7-5-12-22-20(16)17/h4-10,12,14H,11,13H2,1-3H3,(H,23,25). The van der Waals surface area contributed by atoms with Crippen molar-refractivity contribution >= 4 is 22.6 Å². The van der Waals surface area contributed by atoms with Gasteiger partial charge in [0.15, 0.2) is 11.5 Å². The molecule has 3 rings (SSSR count). The second-order valence-corrected chi connectivity index (χ2v) is 6.17. The molecule has 2 aromatic carbocycles. The zero-order chi connectivity index (χ0) is 19.2. The van der Waals surface area contributed by atoms with Gasteiger partial charge in [0.1, 0.15) is 0 Å². The maximum Gasteiger partial charge on any atom is 0.321 e. The van der Waals surface area contributed by atoms with Crippen LogP contribution in [0.1, 0.15) is 5.56 Å². The second kappa shape index (κ2) is 8.40. The van der Waals surface area contributed by atoms with Gasteiger partial charge in [-0.15, -0.1) is 0 Å². The highest BCUT2D eigenvalue weighted by molar-refractivity contribution is 5.99. The Hall–Kier alpha value is -3.28. The first-order valence-corrected chi connectivity index (χ1v) is 8.69. The number of amides is 2. The summed E-state index contributed by atoms with van der Waals surface area (Å²) in [4.78, 5) is 18.6. The monoisotopic (exact) mass is 365 g/mol. The van der Waals surface area contributed by atoms with Gasteiger partial charge in [-0.2, -0.15) is 0 Å². The third-order valence-electron chi connectivity index (χ3n) is 4.40. The van der Waals surface area contributed by atoms with E-state index in [4.69, 9.17) is 9.47 Å². The molecule has 2 amide bonds. The second-order valence-electron chi connectivity index (χ2n) is 6.17. The number of urea groups is 1. The predicted molar refractivity (Wildman–Crippen MR) is 107 cm³/mol. The number of carbonyl (C=O) groups is 1. The van der Waals surface area contributed by atoms with Crippen LogP contribution in [0.15, 0.2) is 54.7 Å². The number of aromatic nitrogens is 1. The molecule has 0 aliphatic carbocycles. The number of benzene rings is 2. The van der Waals surface area contributed by atoms with Crippen molar-refractivity contribution in [1.29, 1.82) is 0 Å². The van der Waals surface area contributed by atoms with E-state index >= 15 is 0 Å². The van der Waals surface area contributed by atoms with Gasteiger partial charge in [0.05, 0.1) is 25.4 Å².